The molecule has 0 bridgehead atoms. The van der Waals surface area contributed by atoms with Crippen LogP contribution in [0, 0.1) is 0 Å². The average molecular weight is 342 g/mol. The number of aryl methyl sites for hydroxylation is 1. The predicted molar refractivity (Wildman–Crippen MR) is 98.2 cm³/mol. The molecule has 2 aromatic rings. The van der Waals surface area contributed by atoms with E-state index in [1.54, 1.807) is 0 Å². The highest BCUT2D eigenvalue weighted by atomic mass is 32.2. The van der Waals surface area contributed by atoms with Crippen molar-refractivity contribution in [3.8, 4) is 5.75 Å². The highest BCUT2D eigenvalue weighted by Gasteiger charge is 2.18. The molecular formula is C19H22N2O2S. The number of carbonyl (C=O) groups is 1. The van der Waals surface area contributed by atoms with E-state index < -0.39 is 5.91 Å². The van der Waals surface area contributed by atoms with Crippen LogP contribution in [0.4, 0.5) is 0 Å². The topological polar surface area (TPSA) is 64.4 Å². The van der Waals surface area contributed by atoms with Gasteiger partial charge < -0.3 is 15.8 Å². The molecule has 1 aliphatic heterocycles. The SMILES string of the molecule is NC(=O)COc1cccc(CNC2CSCCc3ccccc32)c1. The third kappa shape index (κ3) is 4.52. The molecule has 1 atom stereocenters. The Kier molecular flexibility index (Phi) is 5.77. The number of hydrogen-bond acceptors (Lipinski definition) is 4. The van der Waals surface area contributed by atoms with Gasteiger partial charge in [0.1, 0.15) is 5.75 Å². The molecule has 3 N–H and O–H groups in total. The molecule has 0 fully saturated rings. The van der Waals surface area contributed by atoms with Crippen molar-refractivity contribution in [3.05, 3.63) is 65.2 Å². The van der Waals surface area contributed by atoms with Gasteiger partial charge in [-0.3, -0.25) is 4.79 Å². The average Bonchev–Trinajstić information content (AvgIpc) is 2.81. The van der Waals surface area contributed by atoms with E-state index in [0.717, 1.165) is 24.3 Å². The van der Waals surface area contributed by atoms with E-state index in [1.165, 1.54) is 16.9 Å². The maximum absolute atomic E-state index is 10.8. The third-order valence-corrected chi connectivity index (χ3v) is 5.12. The van der Waals surface area contributed by atoms with Crippen LogP contribution in [-0.4, -0.2) is 24.0 Å². The summed E-state index contributed by atoms with van der Waals surface area (Å²) in [6.07, 6.45) is 1.13. The zero-order valence-electron chi connectivity index (χ0n) is 13.5. The summed E-state index contributed by atoms with van der Waals surface area (Å²) in [5, 5.41) is 3.66. The number of primary amides is 1. The van der Waals surface area contributed by atoms with Crippen LogP contribution in [0.2, 0.25) is 0 Å². The van der Waals surface area contributed by atoms with Crippen molar-refractivity contribution in [3.63, 3.8) is 0 Å². The van der Waals surface area contributed by atoms with E-state index in [-0.39, 0.29) is 6.61 Å². The minimum Gasteiger partial charge on any atom is -0.484 e. The molecule has 0 aromatic heterocycles. The lowest BCUT2D eigenvalue weighted by Crippen LogP contribution is -2.23. The van der Waals surface area contributed by atoms with Crippen molar-refractivity contribution in [1.82, 2.24) is 5.32 Å². The first-order valence-corrected chi connectivity index (χ1v) is 9.27. The molecule has 0 saturated carbocycles. The number of nitrogens with one attached hydrogen (secondary N) is 1. The fraction of sp³-hybridized carbons (Fsp3) is 0.316. The van der Waals surface area contributed by atoms with Gasteiger partial charge in [0.2, 0.25) is 0 Å². The second kappa shape index (κ2) is 8.22. The van der Waals surface area contributed by atoms with Gasteiger partial charge in [-0.1, -0.05) is 36.4 Å². The lowest BCUT2D eigenvalue weighted by molar-refractivity contribution is -0.119. The highest BCUT2D eigenvalue weighted by molar-refractivity contribution is 7.99. The molecule has 3 rings (SSSR count). The van der Waals surface area contributed by atoms with Gasteiger partial charge in [-0.2, -0.15) is 11.8 Å². The first-order chi connectivity index (χ1) is 11.7. The lowest BCUT2D eigenvalue weighted by atomic mass is 9.99. The van der Waals surface area contributed by atoms with Gasteiger partial charge in [-0.05, 0) is 41.0 Å². The van der Waals surface area contributed by atoms with Crippen LogP contribution in [-0.2, 0) is 17.8 Å². The van der Waals surface area contributed by atoms with Crippen LogP contribution in [0.1, 0.15) is 22.7 Å². The lowest BCUT2D eigenvalue weighted by Gasteiger charge is -2.19. The number of benzene rings is 2. The number of rotatable bonds is 6. The summed E-state index contributed by atoms with van der Waals surface area (Å²) in [6, 6.07) is 16.8. The summed E-state index contributed by atoms with van der Waals surface area (Å²) in [4.78, 5) is 10.8. The highest BCUT2D eigenvalue weighted by Crippen LogP contribution is 2.28. The number of thioether (sulfide) groups is 1. The van der Waals surface area contributed by atoms with Crippen LogP contribution >= 0.6 is 11.8 Å². The molecular weight excluding hydrogens is 320 g/mol. The van der Waals surface area contributed by atoms with E-state index in [1.807, 2.05) is 30.0 Å². The van der Waals surface area contributed by atoms with Gasteiger partial charge in [0.05, 0.1) is 0 Å². The molecule has 2 aromatic carbocycles. The molecule has 1 heterocycles. The number of fused-ring (bicyclic) bond motifs is 1. The molecule has 4 nitrogen and oxygen atoms in total. The summed E-state index contributed by atoms with van der Waals surface area (Å²) < 4.78 is 5.37. The zero-order valence-corrected chi connectivity index (χ0v) is 14.4. The van der Waals surface area contributed by atoms with E-state index in [9.17, 15) is 4.79 Å². The number of hydrogen-bond donors (Lipinski definition) is 2. The maximum Gasteiger partial charge on any atom is 0.255 e. The van der Waals surface area contributed by atoms with Gasteiger partial charge >= 0.3 is 0 Å². The Labute approximate surface area is 146 Å². The Balaban J connectivity index is 1.65. The molecule has 24 heavy (non-hydrogen) atoms. The van der Waals surface area contributed by atoms with Crippen molar-refractivity contribution in [2.24, 2.45) is 5.73 Å². The summed E-state index contributed by atoms with van der Waals surface area (Å²) >= 11 is 1.99. The first kappa shape index (κ1) is 16.9. The van der Waals surface area contributed by atoms with E-state index in [4.69, 9.17) is 10.5 Å². The summed E-state index contributed by atoms with van der Waals surface area (Å²) in [5.74, 6) is 2.45. The fourth-order valence-electron chi connectivity index (χ4n) is 2.88. The quantitative estimate of drug-likeness (QED) is 0.847. The Bertz CT molecular complexity index is 705. The van der Waals surface area contributed by atoms with Crippen molar-refractivity contribution in [1.29, 1.82) is 0 Å². The van der Waals surface area contributed by atoms with E-state index in [2.05, 4.69) is 35.6 Å². The molecule has 126 valence electrons. The van der Waals surface area contributed by atoms with Crippen LogP contribution in [0.15, 0.2) is 48.5 Å². The Morgan fingerprint density at radius 2 is 2.12 bits per heavy atom. The van der Waals surface area contributed by atoms with Crippen LogP contribution in [0.3, 0.4) is 0 Å². The predicted octanol–water partition coefficient (Wildman–Crippen LogP) is 2.67. The van der Waals surface area contributed by atoms with Gasteiger partial charge in [0.25, 0.3) is 5.91 Å². The second-order valence-corrected chi connectivity index (χ2v) is 7.01. The minimum atomic E-state index is -0.467. The monoisotopic (exact) mass is 342 g/mol. The van der Waals surface area contributed by atoms with Crippen molar-refractivity contribution in [2.75, 3.05) is 18.1 Å². The molecule has 0 radical (unpaired) electrons. The van der Waals surface area contributed by atoms with Crippen LogP contribution in [0.5, 0.6) is 5.75 Å². The van der Waals surface area contributed by atoms with Gasteiger partial charge in [-0.25, -0.2) is 0 Å². The summed E-state index contributed by atoms with van der Waals surface area (Å²) in [7, 11) is 0. The Morgan fingerprint density at radius 3 is 3.00 bits per heavy atom. The fourth-order valence-corrected chi connectivity index (χ4v) is 3.95. The third-order valence-electron chi connectivity index (χ3n) is 4.06. The minimum absolute atomic E-state index is 0.0937. The van der Waals surface area contributed by atoms with E-state index in [0.29, 0.717) is 11.8 Å². The maximum atomic E-state index is 10.8. The van der Waals surface area contributed by atoms with Gasteiger partial charge in [0.15, 0.2) is 6.61 Å². The second-order valence-electron chi connectivity index (χ2n) is 5.86. The van der Waals surface area contributed by atoms with Gasteiger partial charge in [-0.15, -0.1) is 0 Å². The Hall–Kier alpha value is -1.98. The van der Waals surface area contributed by atoms with E-state index >= 15 is 0 Å². The standard InChI is InChI=1S/C19H22N2O2S/c20-19(22)12-23-16-6-3-4-14(10-16)11-21-18-13-24-9-8-15-5-1-2-7-17(15)18/h1-7,10,18,21H,8-9,11-13H2,(H2,20,22). The molecule has 1 amide bonds. The summed E-state index contributed by atoms with van der Waals surface area (Å²) in [6.45, 7) is 0.664. The molecule has 0 aliphatic carbocycles. The molecule has 1 aliphatic rings. The number of ether oxygens (including phenoxy) is 1. The number of carbonyl (C=O) groups excluding carboxylic acids is 1. The smallest absolute Gasteiger partial charge is 0.255 e. The normalized spacial score (nSPS) is 16.9. The van der Waals surface area contributed by atoms with Crippen LogP contribution in [0.25, 0.3) is 0 Å². The molecule has 0 saturated heterocycles. The van der Waals surface area contributed by atoms with Crippen molar-refractivity contribution < 1.29 is 9.53 Å². The number of amides is 1. The molecule has 0 spiro atoms. The van der Waals surface area contributed by atoms with Crippen LogP contribution < -0.4 is 15.8 Å². The zero-order chi connectivity index (χ0) is 16.8. The summed E-state index contributed by atoms with van der Waals surface area (Å²) in [5.41, 5.74) is 9.09. The van der Waals surface area contributed by atoms with Crippen molar-refractivity contribution >= 4 is 17.7 Å². The Morgan fingerprint density at radius 1 is 1.25 bits per heavy atom. The first-order valence-electron chi connectivity index (χ1n) is 8.11. The van der Waals surface area contributed by atoms with Gasteiger partial charge in [0, 0.05) is 18.3 Å². The largest absolute Gasteiger partial charge is 0.484 e. The van der Waals surface area contributed by atoms with Crippen molar-refractivity contribution in [2.45, 2.75) is 19.0 Å². The molecule has 1 unspecified atom stereocenters. The molecule has 5 heteroatoms. The number of nitrogens with two attached hydrogens (primary N) is 1.